The van der Waals surface area contributed by atoms with Gasteiger partial charge in [0, 0.05) is 42.0 Å². The molecule has 25 heavy (non-hydrogen) atoms. The first-order valence-electron chi connectivity index (χ1n) is 8.59. The molecule has 0 N–H and O–H groups in total. The lowest BCUT2D eigenvalue weighted by Crippen LogP contribution is -2.40. The Morgan fingerprint density at radius 2 is 1.52 bits per heavy atom. The summed E-state index contributed by atoms with van der Waals surface area (Å²) in [6, 6.07) is 11.2. The van der Waals surface area contributed by atoms with E-state index in [1.807, 2.05) is 47.2 Å². The van der Waals surface area contributed by atoms with Crippen LogP contribution < -0.4 is 0 Å². The predicted molar refractivity (Wildman–Crippen MR) is 95.4 cm³/mol. The summed E-state index contributed by atoms with van der Waals surface area (Å²) in [5.41, 5.74) is 1.26. The normalized spacial score (nSPS) is 13.7. The molecule has 0 saturated heterocycles. The smallest absolute Gasteiger partial charge is 0.261 e. The maximum absolute atomic E-state index is 12.8. The third-order valence-corrected chi connectivity index (χ3v) is 4.71. The highest BCUT2D eigenvalue weighted by atomic mass is 16.2. The van der Waals surface area contributed by atoms with Crippen molar-refractivity contribution in [1.82, 2.24) is 14.5 Å². The Morgan fingerprint density at radius 1 is 0.840 bits per heavy atom. The van der Waals surface area contributed by atoms with Crippen molar-refractivity contribution in [2.45, 2.75) is 25.8 Å². The van der Waals surface area contributed by atoms with Gasteiger partial charge in [0.1, 0.15) is 0 Å². The van der Waals surface area contributed by atoms with Gasteiger partial charge in [-0.3, -0.25) is 14.5 Å². The van der Waals surface area contributed by atoms with Crippen molar-refractivity contribution in [3.63, 3.8) is 0 Å². The van der Waals surface area contributed by atoms with Crippen LogP contribution in [0.1, 0.15) is 40.0 Å². The van der Waals surface area contributed by atoms with E-state index in [2.05, 4.69) is 4.98 Å². The number of aromatic nitrogens is 2. The topological polar surface area (TPSA) is 55.2 Å². The number of imidazole rings is 1. The summed E-state index contributed by atoms with van der Waals surface area (Å²) in [5, 5.41) is 1.73. The van der Waals surface area contributed by atoms with E-state index in [-0.39, 0.29) is 11.8 Å². The summed E-state index contributed by atoms with van der Waals surface area (Å²) in [6.07, 6.45) is 8.28. The minimum atomic E-state index is -0.177. The summed E-state index contributed by atoms with van der Waals surface area (Å²) < 4.78 is 2.04. The Kier molecular flexibility index (Phi) is 4.06. The van der Waals surface area contributed by atoms with Gasteiger partial charge in [-0.25, -0.2) is 4.98 Å². The summed E-state index contributed by atoms with van der Waals surface area (Å²) in [6.45, 7) is 1.37. The molecule has 0 atom stereocenters. The quantitative estimate of drug-likeness (QED) is 0.512. The van der Waals surface area contributed by atoms with Crippen molar-refractivity contribution in [3.05, 3.63) is 66.2 Å². The SMILES string of the molecule is O=C1c2cccc3cccc(c23)C(=O)N1CCCCCn1ccnc1. The van der Waals surface area contributed by atoms with Gasteiger partial charge in [-0.15, -0.1) is 0 Å². The molecule has 0 unspecified atom stereocenters. The van der Waals surface area contributed by atoms with E-state index < -0.39 is 0 Å². The number of unbranched alkanes of at least 4 members (excludes halogenated alkanes) is 2. The van der Waals surface area contributed by atoms with Crippen LogP contribution in [0.4, 0.5) is 0 Å². The molecule has 0 saturated carbocycles. The molecule has 1 aliphatic heterocycles. The summed E-state index contributed by atoms with van der Waals surface area (Å²) >= 11 is 0. The summed E-state index contributed by atoms with van der Waals surface area (Å²) in [5.74, 6) is -0.354. The molecule has 1 aromatic heterocycles. The second-order valence-corrected chi connectivity index (χ2v) is 6.33. The molecule has 126 valence electrons. The van der Waals surface area contributed by atoms with Gasteiger partial charge in [-0.05, 0) is 36.8 Å². The van der Waals surface area contributed by atoms with E-state index >= 15 is 0 Å². The standard InChI is InChI=1S/C20H19N3O2/c24-19-16-8-4-6-15-7-5-9-17(18(15)16)20(25)23(19)12-3-1-2-11-22-13-10-21-14-22/h4-10,13-14H,1-3,11-12H2. The summed E-state index contributed by atoms with van der Waals surface area (Å²) in [7, 11) is 0. The first-order valence-corrected chi connectivity index (χ1v) is 8.59. The fraction of sp³-hybridized carbons (Fsp3) is 0.250. The Balaban J connectivity index is 1.45. The van der Waals surface area contributed by atoms with Crippen molar-refractivity contribution < 1.29 is 9.59 Å². The molecule has 2 amide bonds. The van der Waals surface area contributed by atoms with Crippen molar-refractivity contribution in [1.29, 1.82) is 0 Å². The zero-order chi connectivity index (χ0) is 17.2. The van der Waals surface area contributed by atoms with Gasteiger partial charge in [0.15, 0.2) is 0 Å². The van der Waals surface area contributed by atoms with Crippen LogP contribution in [0, 0.1) is 0 Å². The van der Waals surface area contributed by atoms with Crippen molar-refractivity contribution in [2.75, 3.05) is 6.54 Å². The third-order valence-electron chi connectivity index (χ3n) is 4.71. The van der Waals surface area contributed by atoms with Gasteiger partial charge in [-0.2, -0.15) is 0 Å². The van der Waals surface area contributed by atoms with Gasteiger partial charge in [0.2, 0.25) is 0 Å². The molecule has 5 heteroatoms. The fourth-order valence-corrected chi connectivity index (χ4v) is 3.44. The van der Waals surface area contributed by atoms with Crippen LogP contribution in [0.5, 0.6) is 0 Å². The van der Waals surface area contributed by atoms with Crippen LogP contribution in [0.25, 0.3) is 10.8 Å². The van der Waals surface area contributed by atoms with Crippen LogP contribution in [-0.2, 0) is 6.54 Å². The molecule has 0 bridgehead atoms. The maximum Gasteiger partial charge on any atom is 0.261 e. The van der Waals surface area contributed by atoms with Gasteiger partial charge in [-0.1, -0.05) is 24.3 Å². The molecule has 0 fully saturated rings. The molecule has 1 aliphatic rings. The molecule has 3 aromatic rings. The number of hydrogen-bond acceptors (Lipinski definition) is 3. The fourth-order valence-electron chi connectivity index (χ4n) is 3.44. The number of imide groups is 1. The van der Waals surface area contributed by atoms with Crippen LogP contribution in [0.3, 0.4) is 0 Å². The van der Waals surface area contributed by atoms with Gasteiger partial charge >= 0.3 is 0 Å². The lowest BCUT2D eigenvalue weighted by Gasteiger charge is -2.27. The second kappa shape index (κ2) is 6.51. The molecular formula is C20H19N3O2. The van der Waals surface area contributed by atoms with E-state index in [0.29, 0.717) is 17.7 Å². The number of benzene rings is 2. The minimum Gasteiger partial charge on any atom is -0.337 e. The Labute approximate surface area is 145 Å². The average molecular weight is 333 g/mol. The van der Waals surface area contributed by atoms with Crippen molar-refractivity contribution in [2.24, 2.45) is 0 Å². The monoisotopic (exact) mass is 333 g/mol. The van der Waals surface area contributed by atoms with Crippen LogP contribution in [-0.4, -0.2) is 32.8 Å². The summed E-state index contributed by atoms with van der Waals surface area (Å²) in [4.78, 5) is 30.9. The highest BCUT2D eigenvalue weighted by Gasteiger charge is 2.31. The van der Waals surface area contributed by atoms with Crippen molar-refractivity contribution in [3.8, 4) is 0 Å². The molecule has 2 aromatic carbocycles. The lowest BCUT2D eigenvalue weighted by molar-refractivity contribution is 0.0607. The van der Waals surface area contributed by atoms with Crippen molar-refractivity contribution >= 4 is 22.6 Å². The number of carbonyl (C=O) groups excluding carboxylic acids is 2. The van der Waals surface area contributed by atoms with E-state index in [9.17, 15) is 9.59 Å². The maximum atomic E-state index is 12.8. The molecule has 4 rings (SSSR count). The number of nitrogens with zero attached hydrogens (tertiary/aromatic N) is 3. The lowest BCUT2D eigenvalue weighted by atomic mass is 9.94. The highest BCUT2D eigenvalue weighted by molar-refractivity contribution is 6.25. The van der Waals surface area contributed by atoms with E-state index in [1.54, 1.807) is 12.5 Å². The van der Waals surface area contributed by atoms with Crippen LogP contribution in [0.15, 0.2) is 55.1 Å². The zero-order valence-corrected chi connectivity index (χ0v) is 13.9. The Hall–Kier alpha value is -2.95. The first-order chi connectivity index (χ1) is 12.3. The van der Waals surface area contributed by atoms with Gasteiger partial charge in [0.05, 0.1) is 6.33 Å². The van der Waals surface area contributed by atoms with Crippen LogP contribution in [0.2, 0.25) is 0 Å². The molecule has 2 heterocycles. The zero-order valence-electron chi connectivity index (χ0n) is 13.9. The second-order valence-electron chi connectivity index (χ2n) is 6.33. The highest BCUT2D eigenvalue weighted by Crippen LogP contribution is 2.30. The molecular weight excluding hydrogens is 314 g/mol. The number of rotatable bonds is 6. The number of amides is 2. The Morgan fingerprint density at radius 3 is 2.16 bits per heavy atom. The number of carbonyl (C=O) groups is 2. The average Bonchev–Trinajstić information content (AvgIpc) is 3.15. The number of hydrogen-bond donors (Lipinski definition) is 0. The van der Waals surface area contributed by atoms with E-state index in [4.69, 9.17) is 0 Å². The molecule has 0 aliphatic carbocycles. The molecule has 0 spiro atoms. The largest absolute Gasteiger partial charge is 0.337 e. The number of aryl methyl sites for hydroxylation is 1. The molecule has 0 radical (unpaired) electrons. The van der Waals surface area contributed by atoms with Gasteiger partial charge < -0.3 is 4.57 Å². The van der Waals surface area contributed by atoms with E-state index in [0.717, 1.165) is 36.6 Å². The van der Waals surface area contributed by atoms with Crippen LogP contribution >= 0.6 is 0 Å². The molecule has 5 nitrogen and oxygen atoms in total. The van der Waals surface area contributed by atoms with E-state index in [1.165, 1.54) is 4.90 Å². The third kappa shape index (κ3) is 2.82. The van der Waals surface area contributed by atoms with Gasteiger partial charge in [0.25, 0.3) is 11.8 Å². The first kappa shape index (κ1) is 15.6. The minimum absolute atomic E-state index is 0.177. The Bertz CT molecular complexity index is 881. The predicted octanol–water partition coefficient (Wildman–Crippen LogP) is 3.50.